The fourth-order valence-corrected chi connectivity index (χ4v) is 1.39. The van der Waals surface area contributed by atoms with Gasteiger partial charge in [-0.15, -0.1) is 0 Å². The molecule has 1 rings (SSSR count). The van der Waals surface area contributed by atoms with Crippen molar-refractivity contribution in [2.75, 3.05) is 33.3 Å². The first-order chi connectivity index (χ1) is 7.65. The van der Waals surface area contributed by atoms with Crippen LogP contribution in [0.3, 0.4) is 0 Å². The summed E-state index contributed by atoms with van der Waals surface area (Å²) in [6.07, 6.45) is 0.248. The molecule has 6 nitrogen and oxygen atoms in total. The lowest BCUT2D eigenvalue weighted by Gasteiger charge is -2.17. The third-order valence-electron chi connectivity index (χ3n) is 2.43. The van der Waals surface area contributed by atoms with Gasteiger partial charge in [-0.05, 0) is 0 Å². The van der Waals surface area contributed by atoms with Crippen LogP contribution < -0.4 is 0 Å². The van der Waals surface area contributed by atoms with E-state index in [1.165, 1.54) is 9.80 Å². The average molecular weight is 225 g/mol. The summed E-state index contributed by atoms with van der Waals surface area (Å²) in [6.45, 7) is 1.76. The zero-order valence-electron chi connectivity index (χ0n) is 9.31. The van der Waals surface area contributed by atoms with Crippen LogP contribution in [0.15, 0.2) is 0 Å². The van der Waals surface area contributed by atoms with E-state index in [4.69, 9.17) is 10.00 Å². The minimum absolute atomic E-state index is 0.0602. The molecule has 0 aromatic rings. The molecule has 1 aliphatic heterocycles. The summed E-state index contributed by atoms with van der Waals surface area (Å²) in [4.78, 5) is 25.6. The Bertz CT molecular complexity index is 311. The molecule has 6 heteroatoms. The second-order valence-electron chi connectivity index (χ2n) is 3.57. The summed E-state index contributed by atoms with van der Waals surface area (Å²) in [5.74, 6) is -0.0602. The lowest BCUT2D eigenvalue weighted by atomic mass is 10.3. The molecule has 1 heterocycles. The van der Waals surface area contributed by atoms with Crippen molar-refractivity contribution in [3.8, 4) is 6.07 Å². The van der Waals surface area contributed by atoms with Crippen molar-refractivity contribution in [1.82, 2.24) is 9.80 Å². The number of rotatable bonds is 5. The van der Waals surface area contributed by atoms with E-state index in [1.54, 1.807) is 7.05 Å². The number of carbonyl (C=O) groups is 2. The van der Waals surface area contributed by atoms with Crippen molar-refractivity contribution >= 4 is 12.0 Å². The standard InChI is InChI=1S/C10H15N3O3/c1-12(5-2-4-11)9(14)3-6-13-7-8-16-10(13)15/h2-3,5-8H2,1H3. The second kappa shape index (κ2) is 5.95. The summed E-state index contributed by atoms with van der Waals surface area (Å²) in [5.41, 5.74) is 0. The molecule has 0 N–H and O–H groups in total. The lowest BCUT2D eigenvalue weighted by molar-refractivity contribution is -0.130. The van der Waals surface area contributed by atoms with Gasteiger partial charge in [0.1, 0.15) is 6.61 Å². The van der Waals surface area contributed by atoms with Crippen molar-refractivity contribution in [3.63, 3.8) is 0 Å². The van der Waals surface area contributed by atoms with Gasteiger partial charge in [-0.3, -0.25) is 4.79 Å². The van der Waals surface area contributed by atoms with Gasteiger partial charge in [0, 0.05) is 26.6 Å². The van der Waals surface area contributed by atoms with Crippen LogP contribution in [-0.2, 0) is 9.53 Å². The summed E-state index contributed by atoms with van der Waals surface area (Å²) in [6, 6.07) is 1.98. The molecule has 88 valence electrons. The van der Waals surface area contributed by atoms with Gasteiger partial charge in [-0.2, -0.15) is 5.26 Å². The second-order valence-corrected chi connectivity index (χ2v) is 3.57. The summed E-state index contributed by atoms with van der Waals surface area (Å²) >= 11 is 0. The number of cyclic esters (lactones) is 1. The Morgan fingerprint density at radius 2 is 2.44 bits per heavy atom. The maximum Gasteiger partial charge on any atom is 0.409 e. The monoisotopic (exact) mass is 225 g/mol. The molecule has 0 atom stereocenters. The molecule has 1 saturated heterocycles. The SMILES string of the molecule is CN(CCC#N)C(=O)CCN1CCOC1=O. The molecular weight excluding hydrogens is 210 g/mol. The van der Waals surface area contributed by atoms with E-state index in [0.717, 1.165) is 0 Å². The van der Waals surface area contributed by atoms with Crippen LogP contribution in [0, 0.1) is 11.3 Å². The van der Waals surface area contributed by atoms with Crippen molar-refractivity contribution in [3.05, 3.63) is 0 Å². The van der Waals surface area contributed by atoms with E-state index < -0.39 is 0 Å². The van der Waals surface area contributed by atoms with Gasteiger partial charge in [0.15, 0.2) is 0 Å². The van der Waals surface area contributed by atoms with Gasteiger partial charge in [-0.1, -0.05) is 0 Å². The summed E-state index contributed by atoms with van der Waals surface area (Å²) in [5, 5.41) is 8.38. The van der Waals surface area contributed by atoms with Gasteiger partial charge in [0.25, 0.3) is 0 Å². The van der Waals surface area contributed by atoms with Crippen molar-refractivity contribution in [2.24, 2.45) is 0 Å². The number of nitrogens with zero attached hydrogens (tertiary/aromatic N) is 3. The van der Waals surface area contributed by atoms with Gasteiger partial charge in [0.05, 0.1) is 19.0 Å². The number of hydrogen-bond acceptors (Lipinski definition) is 4. The van der Waals surface area contributed by atoms with Crippen molar-refractivity contribution in [2.45, 2.75) is 12.8 Å². The Kier molecular flexibility index (Phi) is 4.58. The van der Waals surface area contributed by atoms with Gasteiger partial charge in [0.2, 0.25) is 5.91 Å². The predicted molar refractivity (Wildman–Crippen MR) is 55.4 cm³/mol. The lowest BCUT2D eigenvalue weighted by Crippen LogP contribution is -2.33. The summed E-state index contributed by atoms with van der Waals surface area (Å²) in [7, 11) is 1.65. The van der Waals surface area contributed by atoms with E-state index in [1.807, 2.05) is 6.07 Å². The molecule has 2 amide bonds. The molecule has 0 bridgehead atoms. The molecule has 1 fully saturated rings. The normalized spacial score (nSPS) is 14.5. The zero-order valence-corrected chi connectivity index (χ0v) is 9.31. The maximum atomic E-state index is 11.6. The molecule has 1 aliphatic rings. The van der Waals surface area contributed by atoms with Gasteiger partial charge >= 0.3 is 6.09 Å². The Morgan fingerprint density at radius 1 is 1.69 bits per heavy atom. The zero-order chi connectivity index (χ0) is 12.0. The highest BCUT2D eigenvalue weighted by Crippen LogP contribution is 2.04. The Morgan fingerprint density at radius 3 is 3.00 bits per heavy atom. The Balaban J connectivity index is 2.24. The first kappa shape index (κ1) is 12.3. The fraction of sp³-hybridized carbons (Fsp3) is 0.700. The van der Waals surface area contributed by atoms with Crippen LogP contribution in [-0.4, -0.2) is 55.1 Å². The van der Waals surface area contributed by atoms with E-state index in [-0.39, 0.29) is 18.4 Å². The molecule has 0 spiro atoms. The third kappa shape index (κ3) is 3.42. The first-order valence-electron chi connectivity index (χ1n) is 5.17. The van der Waals surface area contributed by atoms with Crippen molar-refractivity contribution < 1.29 is 14.3 Å². The molecule has 16 heavy (non-hydrogen) atoms. The van der Waals surface area contributed by atoms with E-state index >= 15 is 0 Å². The molecule has 0 aliphatic carbocycles. The number of carbonyl (C=O) groups excluding carboxylic acids is 2. The average Bonchev–Trinajstić information content (AvgIpc) is 2.68. The maximum absolute atomic E-state index is 11.6. The van der Waals surface area contributed by atoms with E-state index in [9.17, 15) is 9.59 Å². The Labute approximate surface area is 94.4 Å². The molecule has 0 aromatic carbocycles. The van der Waals surface area contributed by atoms with Gasteiger partial charge in [-0.25, -0.2) is 4.79 Å². The predicted octanol–water partition coefficient (Wildman–Crippen LogP) is 0.201. The number of hydrogen-bond donors (Lipinski definition) is 0. The van der Waals surface area contributed by atoms with Crippen LogP contribution in [0.2, 0.25) is 0 Å². The molecule has 0 aromatic heterocycles. The van der Waals surface area contributed by atoms with Gasteiger partial charge < -0.3 is 14.5 Å². The van der Waals surface area contributed by atoms with Crippen LogP contribution in [0.25, 0.3) is 0 Å². The topological polar surface area (TPSA) is 73.6 Å². The molecular formula is C10H15N3O3. The van der Waals surface area contributed by atoms with Crippen molar-refractivity contribution in [1.29, 1.82) is 5.26 Å². The highest BCUT2D eigenvalue weighted by Gasteiger charge is 2.22. The van der Waals surface area contributed by atoms with Crippen LogP contribution in [0.1, 0.15) is 12.8 Å². The van der Waals surface area contributed by atoms with Crippen LogP contribution >= 0.6 is 0 Å². The summed E-state index contributed by atoms with van der Waals surface area (Å²) < 4.78 is 4.74. The number of amides is 2. The Hall–Kier alpha value is -1.77. The minimum atomic E-state index is -0.354. The molecule has 0 saturated carbocycles. The fourth-order valence-electron chi connectivity index (χ4n) is 1.39. The quantitative estimate of drug-likeness (QED) is 0.670. The smallest absolute Gasteiger partial charge is 0.409 e. The van der Waals surface area contributed by atoms with E-state index in [0.29, 0.717) is 32.7 Å². The highest BCUT2D eigenvalue weighted by molar-refractivity contribution is 5.77. The number of ether oxygens (including phenoxy) is 1. The number of nitriles is 1. The highest BCUT2D eigenvalue weighted by atomic mass is 16.6. The third-order valence-corrected chi connectivity index (χ3v) is 2.43. The molecule has 0 unspecified atom stereocenters. The minimum Gasteiger partial charge on any atom is -0.448 e. The largest absolute Gasteiger partial charge is 0.448 e. The molecule has 0 radical (unpaired) electrons. The van der Waals surface area contributed by atoms with Crippen LogP contribution in [0.4, 0.5) is 4.79 Å². The van der Waals surface area contributed by atoms with Crippen LogP contribution in [0.5, 0.6) is 0 Å². The van der Waals surface area contributed by atoms with E-state index in [2.05, 4.69) is 0 Å². The first-order valence-corrected chi connectivity index (χ1v) is 5.17.